The molecule has 2 N–H and O–H groups in total. The van der Waals surface area contributed by atoms with Crippen molar-refractivity contribution in [3.63, 3.8) is 0 Å². The van der Waals surface area contributed by atoms with Gasteiger partial charge in [-0.1, -0.05) is 27.5 Å². The highest BCUT2D eigenvalue weighted by Gasteiger charge is 2.15. The summed E-state index contributed by atoms with van der Waals surface area (Å²) in [5.74, 6) is -0.523. The summed E-state index contributed by atoms with van der Waals surface area (Å²) in [6, 6.07) is 6.93. The van der Waals surface area contributed by atoms with Crippen molar-refractivity contribution in [2.24, 2.45) is 10.7 Å². The molecular formula is C12H12BrClN2O2. The maximum absolute atomic E-state index is 11.5. The molecule has 1 aromatic rings. The number of hydrogen-bond acceptors (Lipinski definition) is 4. The van der Waals surface area contributed by atoms with Crippen LogP contribution in [-0.4, -0.2) is 24.1 Å². The average molecular weight is 332 g/mol. The van der Waals surface area contributed by atoms with E-state index in [0.29, 0.717) is 21.8 Å². The van der Waals surface area contributed by atoms with Gasteiger partial charge in [-0.05, 0) is 24.3 Å². The molecule has 4 nitrogen and oxygen atoms in total. The van der Waals surface area contributed by atoms with E-state index in [0.717, 1.165) is 0 Å². The molecule has 0 aliphatic heterocycles. The van der Waals surface area contributed by atoms with Crippen LogP contribution in [0.1, 0.15) is 0 Å². The highest BCUT2D eigenvalue weighted by molar-refractivity contribution is 9.09. The van der Waals surface area contributed by atoms with Gasteiger partial charge in [-0.3, -0.25) is 4.99 Å². The Bertz CT molecular complexity index is 483. The van der Waals surface area contributed by atoms with Crippen LogP contribution in [0.4, 0.5) is 5.69 Å². The van der Waals surface area contributed by atoms with E-state index in [1.165, 1.54) is 13.3 Å². The quantitative estimate of drug-likeness (QED) is 0.399. The molecule has 0 radical (unpaired) electrons. The zero-order valence-electron chi connectivity index (χ0n) is 9.69. The predicted molar refractivity (Wildman–Crippen MR) is 76.6 cm³/mol. The van der Waals surface area contributed by atoms with Crippen LogP contribution in [0.25, 0.3) is 0 Å². The Morgan fingerprint density at radius 2 is 2.11 bits per heavy atom. The number of esters is 1. The number of alkyl halides is 1. The van der Waals surface area contributed by atoms with Crippen LogP contribution < -0.4 is 5.73 Å². The lowest BCUT2D eigenvalue weighted by molar-refractivity contribution is -0.135. The Morgan fingerprint density at radius 3 is 2.56 bits per heavy atom. The Kier molecular flexibility index (Phi) is 5.88. The first-order chi connectivity index (χ1) is 8.62. The second-order valence-corrected chi connectivity index (χ2v) is 4.24. The third-order valence-electron chi connectivity index (χ3n) is 2.10. The normalized spacial score (nSPS) is 12.4. The van der Waals surface area contributed by atoms with Gasteiger partial charge >= 0.3 is 5.97 Å². The van der Waals surface area contributed by atoms with E-state index < -0.39 is 5.97 Å². The van der Waals surface area contributed by atoms with Crippen molar-refractivity contribution < 1.29 is 9.53 Å². The van der Waals surface area contributed by atoms with Gasteiger partial charge in [-0.2, -0.15) is 0 Å². The largest absolute Gasteiger partial charge is 0.465 e. The van der Waals surface area contributed by atoms with Crippen LogP contribution in [0, 0.1) is 0 Å². The van der Waals surface area contributed by atoms with Gasteiger partial charge in [-0.15, -0.1) is 0 Å². The number of nitrogens with zero attached hydrogens (tertiary/aromatic N) is 1. The fourth-order valence-electron chi connectivity index (χ4n) is 1.23. The first-order valence-electron chi connectivity index (χ1n) is 5.02. The standard InChI is InChI=1S/C12H12BrClN2O2/c1-18-12(17)10(7-15)11(6-13)16-9-4-2-8(14)3-5-9/h2-5,7H,6,15H2,1H3/b10-7+,16-11?. The lowest BCUT2D eigenvalue weighted by Crippen LogP contribution is -2.17. The molecule has 0 saturated heterocycles. The third kappa shape index (κ3) is 3.85. The lowest BCUT2D eigenvalue weighted by Gasteiger charge is -2.06. The molecule has 1 rings (SSSR count). The highest BCUT2D eigenvalue weighted by Crippen LogP contribution is 2.18. The van der Waals surface area contributed by atoms with Crippen LogP contribution in [0.15, 0.2) is 41.0 Å². The number of aliphatic imine (C=N–C) groups is 1. The molecule has 1 aromatic carbocycles. The topological polar surface area (TPSA) is 64.7 Å². The minimum Gasteiger partial charge on any atom is -0.465 e. The monoisotopic (exact) mass is 330 g/mol. The van der Waals surface area contributed by atoms with Crippen LogP contribution in [0.2, 0.25) is 5.02 Å². The molecule has 0 atom stereocenters. The van der Waals surface area contributed by atoms with E-state index in [2.05, 4.69) is 25.7 Å². The van der Waals surface area contributed by atoms with Gasteiger partial charge < -0.3 is 10.5 Å². The maximum Gasteiger partial charge on any atom is 0.341 e. The van der Waals surface area contributed by atoms with E-state index in [9.17, 15) is 4.79 Å². The number of rotatable bonds is 4. The van der Waals surface area contributed by atoms with Gasteiger partial charge in [0.2, 0.25) is 0 Å². The summed E-state index contributed by atoms with van der Waals surface area (Å²) in [5, 5.41) is 1.00. The van der Waals surface area contributed by atoms with Crippen LogP contribution in [0.5, 0.6) is 0 Å². The van der Waals surface area contributed by atoms with Gasteiger partial charge in [0.25, 0.3) is 0 Å². The maximum atomic E-state index is 11.5. The zero-order chi connectivity index (χ0) is 13.5. The van der Waals surface area contributed by atoms with Crippen LogP contribution >= 0.6 is 27.5 Å². The number of halogens is 2. The number of ether oxygens (including phenoxy) is 1. The molecule has 18 heavy (non-hydrogen) atoms. The summed E-state index contributed by atoms with van der Waals surface area (Å²) in [4.78, 5) is 15.8. The Balaban J connectivity index is 3.09. The molecule has 0 unspecified atom stereocenters. The van der Waals surface area contributed by atoms with Crippen molar-refractivity contribution in [2.75, 3.05) is 12.4 Å². The van der Waals surface area contributed by atoms with Gasteiger partial charge in [0.1, 0.15) is 0 Å². The first-order valence-corrected chi connectivity index (χ1v) is 6.52. The Hall–Kier alpha value is -1.33. The third-order valence-corrected chi connectivity index (χ3v) is 2.88. The molecule has 0 saturated carbocycles. The van der Waals surface area contributed by atoms with Crippen LogP contribution in [-0.2, 0) is 9.53 Å². The average Bonchev–Trinajstić information content (AvgIpc) is 2.40. The van der Waals surface area contributed by atoms with Crippen molar-refractivity contribution in [3.05, 3.63) is 41.1 Å². The molecule has 0 bridgehead atoms. The van der Waals surface area contributed by atoms with Gasteiger partial charge in [-0.25, -0.2) is 4.79 Å². The van der Waals surface area contributed by atoms with E-state index in [-0.39, 0.29) is 5.57 Å². The summed E-state index contributed by atoms with van der Waals surface area (Å²) in [6.07, 6.45) is 1.18. The molecule has 0 aliphatic rings. The number of carbonyl (C=O) groups is 1. The molecule has 0 heterocycles. The summed E-state index contributed by atoms with van der Waals surface area (Å²) in [5.41, 5.74) is 6.81. The van der Waals surface area contributed by atoms with Crippen molar-refractivity contribution in [1.82, 2.24) is 0 Å². The van der Waals surface area contributed by atoms with E-state index >= 15 is 0 Å². The SMILES string of the molecule is COC(=O)/C(=C/N)C(CBr)=Nc1ccc(Cl)cc1. The van der Waals surface area contributed by atoms with Gasteiger partial charge in [0.05, 0.1) is 24.1 Å². The molecule has 0 aliphatic carbocycles. The number of carbonyl (C=O) groups excluding carboxylic acids is 1. The molecule has 0 aromatic heterocycles. The molecule has 96 valence electrons. The second-order valence-electron chi connectivity index (χ2n) is 3.24. The first kappa shape index (κ1) is 14.7. The second kappa shape index (κ2) is 7.18. The van der Waals surface area contributed by atoms with Crippen molar-refractivity contribution >= 4 is 44.9 Å². The minimum atomic E-state index is -0.523. The number of nitrogens with two attached hydrogens (primary N) is 1. The number of benzene rings is 1. The molecular weight excluding hydrogens is 320 g/mol. The van der Waals surface area contributed by atoms with E-state index in [1.807, 2.05) is 0 Å². The zero-order valence-corrected chi connectivity index (χ0v) is 12.0. The molecule has 0 spiro atoms. The summed E-state index contributed by atoms with van der Waals surface area (Å²) >= 11 is 9.05. The van der Waals surface area contributed by atoms with E-state index in [4.69, 9.17) is 17.3 Å². The molecule has 0 fully saturated rings. The molecule has 0 amide bonds. The fourth-order valence-corrected chi connectivity index (χ4v) is 1.78. The van der Waals surface area contributed by atoms with Crippen molar-refractivity contribution in [3.8, 4) is 0 Å². The Morgan fingerprint density at radius 1 is 1.50 bits per heavy atom. The lowest BCUT2D eigenvalue weighted by atomic mass is 10.2. The number of hydrogen-bond donors (Lipinski definition) is 1. The van der Waals surface area contributed by atoms with Gasteiger partial charge in [0.15, 0.2) is 0 Å². The smallest absolute Gasteiger partial charge is 0.341 e. The van der Waals surface area contributed by atoms with Crippen molar-refractivity contribution in [2.45, 2.75) is 0 Å². The fraction of sp³-hybridized carbons (Fsp3) is 0.167. The minimum absolute atomic E-state index is 0.226. The number of methoxy groups -OCH3 is 1. The summed E-state index contributed by atoms with van der Waals surface area (Å²) < 4.78 is 4.63. The predicted octanol–water partition coefficient (Wildman–Crippen LogP) is 2.82. The molecule has 6 heteroatoms. The van der Waals surface area contributed by atoms with Gasteiger partial charge in [0, 0.05) is 16.6 Å². The van der Waals surface area contributed by atoms with Crippen LogP contribution in [0.3, 0.4) is 0 Å². The Labute approximate surface area is 119 Å². The summed E-state index contributed by atoms with van der Waals surface area (Å²) in [6.45, 7) is 0. The highest BCUT2D eigenvalue weighted by atomic mass is 79.9. The summed E-state index contributed by atoms with van der Waals surface area (Å²) in [7, 11) is 1.29. The van der Waals surface area contributed by atoms with Crippen molar-refractivity contribution in [1.29, 1.82) is 0 Å². The van der Waals surface area contributed by atoms with E-state index in [1.54, 1.807) is 24.3 Å².